The predicted molar refractivity (Wildman–Crippen MR) is 80.8 cm³/mol. The van der Waals surface area contributed by atoms with Gasteiger partial charge in [-0.15, -0.1) is 0 Å². The van der Waals surface area contributed by atoms with Crippen LogP contribution in [-0.2, 0) is 0 Å². The standard InChI is InChI=1S/C12H18N4O3S/c1-8(7-20-2)6-14-12(17)10-5-9(15-13)3-4-11(10)16(18)19/h3-5,8,15H,6-7,13H2,1-2H3,(H,14,17). The first-order chi connectivity index (χ1) is 9.49. The van der Waals surface area contributed by atoms with Crippen LogP contribution >= 0.6 is 11.8 Å². The Balaban J connectivity index is 2.87. The third-order valence-electron chi connectivity index (χ3n) is 2.67. The van der Waals surface area contributed by atoms with E-state index >= 15 is 0 Å². The number of carbonyl (C=O) groups is 1. The van der Waals surface area contributed by atoms with Gasteiger partial charge in [0.2, 0.25) is 0 Å². The van der Waals surface area contributed by atoms with Gasteiger partial charge in [0.15, 0.2) is 0 Å². The van der Waals surface area contributed by atoms with Crippen molar-refractivity contribution in [3.05, 3.63) is 33.9 Å². The fourth-order valence-electron chi connectivity index (χ4n) is 1.67. The molecule has 1 atom stereocenters. The first-order valence-corrected chi connectivity index (χ1v) is 7.41. The molecule has 0 spiro atoms. The monoisotopic (exact) mass is 298 g/mol. The molecule has 1 rings (SSSR count). The van der Waals surface area contributed by atoms with Gasteiger partial charge >= 0.3 is 0 Å². The average Bonchev–Trinajstić information content (AvgIpc) is 2.44. The number of nitro benzene ring substituents is 1. The maximum atomic E-state index is 12.1. The van der Waals surface area contributed by atoms with Crippen molar-refractivity contribution in [3.63, 3.8) is 0 Å². The Hall–Kier alpha value is -1.80. The van der Waals surface area contributed by atoms with E-state index in [1.165, 1.54) is 18.2 Å². The Morgan fingerprint density at radius 2 is 2.25 bits per heavy atom. The molecule has 0 radical (unpaired) electrons. The highest BCUT2D eigenvalue weighted by Crippen LogP contribution is 2.22. The first kappa shape index (κ1) is 16.3. The lowest BCUT2D eigenvalue weighted by Crippen LogP contribution is -2.29. The van der Waals surface area contributed by atoms with Gasteiger partial charge in [0.1, 0.15) is 5.56 Å². The van der Waals surface area contributed by atoms with Crippen LogP contribution in [-0.4, -0.2) is 29.4 Å². The van der Waals surface area contributed by atoms with Crippen molar-refractivity contribution in [2.24, 2.45) is 11.8 Å². The lowest BCUT2D eigenvalue weighted by Gasteiger charge is -2.12. The van der Waals surface area contributed by atoms with E-state index in [1.807, 2.05) is 13.2 Å². The Bertz CT molecular complexity index is 496. The van der Waals surface area contributed by atoms with Crippen molar-refractivity contribution >= 4 is 29.0 Å². The van der Waals surface area contributed by atoms with Gasteiger partial charge in [-0.25, -0.2) is 0 Å². The molecule has 0 bridgehead atoms. The maximum absolute atomic E-state index is 12.1. The van der Waals surface area contributed by atoms with Crippen molar-refractivity contribution in [2.75, 3.05) is 24.0 Å². The summed E-state index contributed by atoms with van der Waals surface area (Å²) >= 11 is 1.69. The summed E-state index contributed by atoms with van der Waals surface area (Å²) in [5, 5.41) is 13.6. The zero-order chi connectivity index (χ0) is 15.1. The molecule has 110 valence electrons. The SMILES string of the molecule is CSCC(C)CNC(=O)c1cc(NN)ccc1[N+](=O)[O-]. The lowest BCUT2D eigenvalue weighted by molar-refractivity contribution is -0.385. The molecule has 0 saturated carbocycles. The summed E-state index contributed by atoms with van der Waals surface area (Å²) < 4.78 is 0. The first-order valence-electron chi connectivity index (χ1n) is 6.01. The Labute approximate surface area is 121 Å². The number of benzene rings is 1. The number of hydrazine groups is 1. The molecule has 1 aromatic rings. The highest BCUT2D eigenvalue weighted by Gasteiger charge is 2.20. The molecule has 7 nitrogen and oxygen atoms in total. The molecule has 20 heavy (non-hydrogen) atoms. The van der Waals surface area contributed by atoms with Gasteiger partial charge in [-0.2, -0.15) is 11.8 Å². The molecule has 1 aromatic carbocycles. The molecule has 0 fully saturated rings. The summed E-state index contributed by atoms with van der Waals surface area (Å²) in [6.07, 6.45) is 1.99. The minimum absolute atomic E-state index is 0.00167. The van der Waals surface area contributed by atoms with E-state index in [0.717, 1.165) is 5.75 Å². The van der Waals surface area contributed by atoms with Crippen LogP contribution in [0.15, 0.2) is 18.2 Å². The number of rotatable bonds is 7. The van der Waals surface area contributed by atoms with E-state index in [9.17, 15) is 14.9 Å². The zero-order valence-corrected chi connectivity index (χ0v) is 12.2. The van der Waals surface area contributed by atoms with Crippen LogP contribution in [0.4, 0.5) is 11.4 Å². The van der Waals surface area contributed by atoms with Gasteiger partial charge in [0, 0.05) is 18.3 Å². The normalized spacial score (nSPS) is 11.8. The number of nitrogens with two attached hydrogens (primary N) is 1. The Morgan fingerprint density at radius 1 is 1.55 bits per heavy atom. The molecule has 1 unspecified atom stereocenters. The van der Waals surface area contributed by atoms with E-state index in [0.29, 0.717) is 18.2 Å². The number of nitro groups is 1. The second kappa shape index (κ2) is 7.71. The van der Waals surface area contributed by atoms with Crippen LogP contribution in [0, 0.1) is 16.0 Å². The number of carbonyl (C=O) groups excluding carboxylic acids is 1. The zero-order valence-electron chi connectivity index (χ0n) is 11.4. The summed E-state index contributed by atoms with van der Waals surface area (Å²) in [6.45, 7) is 2.47. The van der Waals surface area contributed by atoms with Crippen LogP contribution < -0.4 is 16.6 Å². The number of hydrogen-bond acceptors (Lipinski definition) is 6. The number of thioether (sulfide) groups is 1. The van der Waals surface area contributed by atoms with Crippen molar-refractivity contribution in [1.82, 2.24) is 5.32 Å². The third-order valence-corrected chi connectivity index (χ3v) is 3.57. The quantitative estimate of drug-likeness (QED) is 0.401. The molecule has 1 amide bonds. The van der Waals surface area contributed by atoms with Crippen molar-refractivity contribution in [2.45, 2.75) is 6.92 Å². The van der Waals surface area contributed by atoms with Gasteiger partial charge in [-0.05, 0) is 30.1 Å². The van der Waals surface area contributed by atoms with Gasteiger partial charge in [0.05, 0.1) is 4.92 Å². The van der Waals surface area contributed by atoms with Crippen molar-refractivity contribution < 1.29 is 9.72 Å². The molecule has 0 saturated heterocycles. The highest BCUT2D eigenvalue weighted by molar-refractivity contribution is 7.98. The molecule has 0 heterocycles. The Morgan fingerprint density at radius 3 is 2.80 bits per heavy atom. The second-order valence-corrected chi connectivity index (χ2v) is 5.31. The number of amides is 1. The van der Waals surface area contributed by atoms with Crippen molar-refractivity contribution in [3.8, 4) is 0 Å². The van der Waals surface area contributed by atoms with Gasteiger partial charge in [-0.3, -0.25) is 20.8 Å². The second-order valence-electron chi connectivity index (χ2n) is 4.40. The summed E-state index contributed by atoms with van der Waals surface area (Å²) in [5.74, 6) is 5.99. The summed E-state index contributed by atoms with van der Waals surface area (Å²) in [7, 11) is 0. The van der Waals surface area contributed by atoms with Crippen LogP contribution in [0.25, 0.3) is 0 Å². The summed E-state index contributed by atoms with van der Waals surface area (Å²) in [4.78, 5) is 22.4. The van der Waals surface area contributed by atoms with E-state index < -0.39 is 10.8 Å². The average molecular weight is 298 g/mol. The van der Waals surface area contributed by atoms with Gasteiger partial charge < -0.3 is 10.7 Å². The smallest absolute Gasteiger partial charge is 0.282 e. The summed E-state index contributed by atoms with van der Waals surface area (Å²) in [5.41, 5.74) is 2.57. The minimum Gasteiger partial charge on any atom is -0.352 e. The number of nitrogen functional groups attached to an aromatic ring is 1. The largest absolute Gasteiger partial charge is 0.352 e. The fourth-order valence-corrected chi connectivity index (χ4v) is 2.36. The number of nitrogens with one attached hydrogen (secondary N) is 2. The van der Waals surface area contributed by atoms with Crippen LogP contribution in [0.1, 0.15) is 17.3 Å². The molecule has 8 heteroatoms. The minimum atomic E-state index is -0.583. The van der Waals surface area contributed by atoms with Gasteiger partial charge in [-0.1, -0.05) is 6.92 Å². The summed E-state index contributed by atoms with van der Waals surface area (Å²) in [6, 6.07) is 4.08. The van der Waals surface area contributed by atoms with Crippen LogP contribution in [0.5, 0.6) is 0 Å². The topological polar surface area (TPSA) is 110 Å². The molecular weight excluding hydrogens is 280 g/mol. The molecule has 0 aliphatic heterocycles. The lowest BCUT2D eigenvalue weighted by atomic mass is 10.1. The molecule has 0 aliphatic carbocycles. The maximum Gasteiger partial charge on any atom is 0.282 e. The highest BCUT2D eigenvalue weighted by atomic mass is 32.2. The van der Waals surface area contributed by atoms with E-state index in [1.54, 1.807) is 11.8 Å². The van der Waals surface area contributed by atoms with E-state index in [-0.39, 0.29) is 11.3 Å². The molecular formula is C12H18N4O3S. The fraction of sp³-hybridized carbons (Fsp3) is 0.417. The number of anilines is 1. The van der Waals surface area contributed by atoms with E-state index in [4.69, 9.17) is 5.84 Å². The molecule has 0 aliphatic rings. The van der Waals surface area contributed by atoms with E-state index in [2.05, 4.69) is 10.7 Å². The van der Waals surface area contributed by atoms with Crippen LogP contribution in [0.3, 0.4) is 0 Å². The number of hydrogen-bond donors (Lipinski definition) is 3. The Kier molecular flexibility index (Phi) is 6.26. The number of nitrogens with zero attached hydrogens (tertiary/aromatic N) is 1. The molecule has 4 N–H and O–H groups in total. The van der Waals surface area contributed by atoms with Crippen LogP contribution in [0.2, 0.25) is 0 Å². The van der Waals surface area contributed by atoms with Crippen molar-refractivity contribution in [1.29, 1.82) is 0 Å². The third kappa shape index (κ3) is 4.39. The van der Waals surface area contributed by atoms with Gasteiger partial charge in [0.25, 0.3) is 11.6 Å². The predicted octanol–water partition coefficient (Wildman–Crippen LogP) is 1.61. The molecule has 0 aromatic heterocycles.